The van der Waals surface area contributed by atoms with Gasteiger partial charge >= 0.3 is 6.03 Å². The van der Waals surface area contributed by atoms with Crippen LogP contribution in [0.5, 0.6) is 0 Å². The Bertz CT molecular complexity index is 475. The zero-order chi connectivity index (χ0) is 13.7. The van der Waals surface area contributed by atoms with Crippen molar-refractivity contribution in [3.63, 3.8) is 0 Å². The molecule has 3 amide bonds. The summed E-state index contributed by atoms with van der Waals surface area (Å²) in [6.45, 7) is 0.982. The molecule has 20 heavy (non-hydrogen) atoms. The molecule has 1 unspecified atom stereocenters. The van der Waals surface area contributed by atoms with Gasteiger partial charge in [-0.2, -0.15) is 0 Å². The Morgan fingerprint density at radius 3 is 2.60 bits per heavy atom. The van der Waals surface area contributed by atoms with E-state index in [1.165, 1.54) is 0 Å². The van der Waals surface area contributed by atoms with Crippen LogP contribution in [0.1, 0.15) is 19.3 Å². The van der Waals surface area contributed by atoms with E-state index in [0.717, 1.165) is 19.4 Å². The van der Waals surface area contributed by atoms with Crippen LogP contribution in [0.25, 0.3) is 0 Å². The van der Waals surface area contributed by atoms with Crippen molar-refractivity contribution in [1.29, 1.82) is 0 Å². The van der Waals surface area contributed by atoms with E-state index in [2.05, 4.69) is 16.0 Å². The number of carbonyl (C=O) groups excluding carboxylic acids is 2. The van der Waals surface area contributed by atoms with Crippen LogP contribution >= 0.6 is 12.4 Å². The van der Waals surface area contributed by atoms with Crippen molar-refractivity contribution >= 4 is 35.7 Å². The van der Waals surface area contributed by atoms with Crippen LogP contribution in [0.2, 0.25) is 0 Å². The van der Waals surface area contributed by atoms with Crippen LogP contribution in [0.15, 0.2) is 24.3 Å². The molecule has 1 fully saturated rings. The number of urea groups is 1. The van der Waals surface area contributed by atoms with Crippen molar-refractivity contribution in [3.05, 3.63) is 24.3 Å². The summed E-state index contributed by atoms with van der Waals surface area (Å²) in [5, 5.41) is 8.55. The number of halogens is 1. The van der Waals surface area contributed by atoms with Crippen molar-refractivity contribution in [3.8, 4) is 0 Å². The van der Waals surface area contributed by atoms with Crippen molar-refractivity contribution in [2.75, 3.05) is 17.2 Å². The van der Waals surface area contributed by atoms with Gasteiger partial charge in [-0.25, -0.2) is 4.79 Å². The molecule has 2 rings (SSSR count). The standard InChI is InChI=1S/C13H18N4O2.ClH/c14-13(19)17-11-4-1-3-10(7-11)16-12(18)8-9-5-2-6-15-9;/h1,3-4,7,9,15H,2,5-6,8H2,(H,16,18)(H3,14,17,19);1H. The zero-order valence-corrected chi connectivity index (χ0v) is 11.8. The van der Waals surface area contributed by atoms with Gasteiger partial charge in [-0.3, -0.25) is 4.79 Å². The maximum Gasteiger partial charge on any atom is 0.316 e. The van der Waals surface area contributed by atoms with Crippen LogP contribution < -0.4 is 21.7 Å². The highest BCUT2D eigenvalue weighted by Crippen LogP contribution is 2.16. The lowest BCUT2D eigenvalue weighted by Crippen LogP contribution is -2.27. The van der Waals surface area contributed by atoms with Gasteiger partial charge in [0.2, 0.25) is 5.91 Å². The lowest BCUT2D eigenvalue weighted by atomic mass is 10.1. The first-order chi connectivity index (χ1) is 9.13. The minimum atomic E-state index is -0.626. The molecular formula is C13H19ClN4O2. The molecule has 1 atom stereocenters. The Kier molecular flexibility index (Phi) is 6.27. The molecule has 1 heterocycles. The van der Waals surface area contributed by atoms with Crippen LogP contribution in [0.4, 0.5) is 16.2 Å². The molecule has 1 saturated heterocycles. The molecule has 7 heteroatoms. The van der Waals surface area contributed by atoms with E-state index in [1.54, 1.807) is 24.3 Å². The van der Waals surface area contributed by atoms with Gasteiger partial charge in [0, 0.05) is 23.8 Å². The monoisotopic (exact) mass is 298 g/mol. The minimum absolute atomic E-state index is 0. The summed E-state index contributed by atoms with van der Waals surface area (Å²) in [5.41, 5.74) is 6.25. The van der Waals surface area contributed by atoms with Crippen molar-refractivity contribution in [2.45, 2.75) is 25.3 Å². The van der Waals surface area contributed by atoms with E-state index in [9.17, 15) is 9.59 Å². The first kappa shape index (κ1) is 16.3. The molecule has 0 aromatic heterocycles. The highest BCUT2D eigenvalue weighted by molar-refractivity contribution is 5.93. The summed E-state index contributed by atoms with van der Waals surface area (Å²) < 4.78 is 0. The maximum absolute atomic E-state index is 11.8. The van der Waals surface area contributed by atoms with Crippen molar-refractivity contribution in [2.24, 2.45) is 5.73 Å². The normalized spacial score (nSPS) is 17.1. The number of nitrogens with two attached hydrogens (primary N) is 1. The third-order valence-electron chi connectivity index (χ3n) is 3.01. The van der Waals surface area contributed by atoms with Crippen LogP contribution in [-0.2, 0) is 4.79 Å². The van der Waals surface area contributed by atoms with E-state index in [0.29, 0.717) is 17.8 Å². The molecule has 1 aliphatic heterocycles. The molecule has 0 radical (unpaired) electrons. The third kappa shape index (κ3) is 5.07. The molecule has 5 N–H and O–H groups in total. The number of carbonyl (C=O) groups is 2. The van der Waals surface area contributed by atoms with E-state index in [4.69, 9.17) is 5.73 Å². The highest BCUT2D eigenvalue weighted by atomic mass is 35.5. The molecule has 0 bridgehead atoms. The number of hydrogen-bond acceptors (Lipinski definition) is 3. The van der Waals surface area contributed by atoms with Gasteiger partial charge in [0.15, 0.2) is 0 Å². The molecule has 0 saturated carbocycles. The zero-order valence-electron chi connectivity index (χ0n) is 11.0. The molecular weight excluding hydrogens is 280 g/mol. The van der Waals surface area contributed by atoms with Gasteiger partial charge in [-0.15, -0.1) is 12.4 Å². The first-order valence-corrected chi connectivity index (χ1v) is 6.33. The van der Waals surface area contributed by atoms with Gasteiger partial charge in [-0.1, -0.05) is 6.07 Å². The second-order valence-corrected chi connectivity index (χ2v) is 4.62. The molecule has 0 aliphatic carbocycles. The summed E-state index contributed by atoms with van der Waals surface area (Å²) in [6, 6.07) is 6.54. The van der Waals surface area contributed by atoms with Crippen LogP contribution in [0.3, 0.4) is 0 Å². The van der Waals surface area contributed by atoms with Gasteiger partial charge in [0.05, 0.1) is 0 Å². The Hall–Kier alpha value is -1.79. The molecule has 0 spiro atoms. The summed E-state index contributed by atoms with van der Waals surface area (Å²) in [6.07, 6.45) is 2.63. The number of amides is 3. The number of rotatable bonds is 4. The van der Waals surface area contributed by atoms with Crippen molar-refractivity contribution < 1.29 is 9.59 Å². The molecule has 1 aliphatic rings. The summed E-state index contributed by atoms with van der Waals surface area (Å²) in [7, 11) is 0. The smallest absolute Gasteiger partial charge is 0.316 e. The number of hydrogen-bond donors (Lipinski definition) is 4. The summed E-state index contributed by atoms with van der Waals surface area (Å²) >= 11 is 0. The second-order valence-electron chi connectivity index (χ2n) is 4.62. The molecule has 110 valence electrons. The Labute approximate surface area is 123 Å². The largest absolute Gasteiger partial charge is 0.351 e. The van der Waals surface area contributed by atoms with E-state index < -0.39 is 6.03 Å². The summed E-state index contributed by atoms with van der Waals surface area (Å²) in [5.74, 6) is -0.0318. The van der Waals surface area contributed by atoms with Crippen molar-refractivity contribution in [1.82, 2.24) is 5.32 Å². The van der Waals surface area contributed by atoms with Gasteiger partial charge in [0.25, 0.3) is 0 Å². The van der Waals surface area contributed by atoms with Gasteiger partial charge in [-0.05, 0) is 37.6 Å². The predicted molar refractivity (Wildman–Crippen MR) is 81.2 cm³/mol. The van der Waals surface area contributed by atoms with Gasteiger partial charge in [0.1, 0.15) is 0 Å². The number of nitrogens with one attached hydrogen (secondary N) is 3. The fraction of sp³-hybridized carbons (Fsp3) is 0.385. The number of anilines is 2. The molecule has 6 nitrogen and oxygen atoms in total. The fourth-order valence-electron chi connectivity index (χ4n) is 2.18. The number of benzene rings is 1. The minimum Gasteiger partial charge on any atom is -0.351 e. The highest BCUT2D eigenvalue weighted by Gasteiger charge is 2.17. The number of primary amides is 1. The average molecular weight is 299 g/mol. The fourth-order valence-corrected chi connectivity index (χ4v) is 2.18. The molecule has 1 aromatic carbocycles. The van der Waals surface area contributed by atoms with E-state index in [-0.39, 0.29) is 24.4 Å². The quantitative estimate of drug-likeness (QED) is 0.681. The van der Waals surface area contributed by atoms with E-state index in [1.807, 2.05) is 0 Å². The SMILES string of the molecule is Cl.NC(=O)Nc1cccc(NC(=O)CC2CCCN2)c1. The second kappa shape index (κ2) is 7.72. The van der Waals surface area contributed by atoms with Crippen LogP contribution in [-0.4, -0.2) is 24.5 Å². The lowest BCUT2D eigenvalue weighted by molar-refractivity contribution is -0.116. The average Bonchev–Trinajstić information content (AvgIpc) is 2.81. The Morgan fingerprint density at radius 1 is 1.30 bits per heavy atom. The third-order valence-corrected chi connectivity index (χ3v) is 3.01. The molecule has 1 aromatic rings. The summed E-state index contributed by atoms with van der Waals surface area (Å²) in [4.78, 5) is 22.6. The van der Waals surface area contributed by atoms with Gasteiger partial charge < -0.3 is 21.7 Å². The Balaban J connectivity index is 0.00000200. The topological polar surface area (TPSA) is 96.2 Å². The lowest BCUT2D eigenvalue weighted by Gasteiger charge is -2.11. The first-order valence-electron chi connectivity index (χ1n) is 6.33. The maximum atomic E-state index is 11.8. The predicted octanol–water partition coefficient (Wildman–Crippen LogP) is 1.68. The van der Waals surface area contributed by atoms with Crippen LogP contribution in [0, 0.1) is 0 Å². The Morgan fingerprint density at radius 2 is 2.00 bits per heavy atom. The van der Waals surface area contributed by atoms with E-state index >= 15 is 0 Å².